The smallest absolute Gasteiger partial charge is 0.399 e. The molecule has 2 amide bonds. The topological polar surface area (TPSA) is 95.9 Å². The molecule has 2 N–H and O–H groups in total. The number of carbonyl (C=O) groups is 3. The van der Waals surface area contributed by atoms with Gasteiger partial charge in [0.2, 0.25) is 0 Å². The van der Waals surface area contributed by atoms with Gasteiger partial charge in [0.05, 0.1) is 12.3 Å². The standard InChI is InChI=1S/C26H26N2O5/c1-4-33-24(30)23(29)28(22-8-6-5-7-9-22)27-25(31)26(32,20-14-10-18(2)11-15-20)21-16-12-19(3)13-17-21/h5-17,32H,4H2,1-3H3,(H,27,31). The molecular formula is C26H26N2O5. The minimum Gasteiger partial charge on any atom is -0.459 e. The molecule has 0 bridgehead atoms. The SMILES string of the molecule is CCOC(=O)C(=O)N(NC(=O)C(O)(c1ccc(C)cc1)c1ccc(C)cc1)c1ccccc1. The lowest BCUT2D eigenvalue weighted by atomic mass is 9.85. The molecule has 0 unspecified atom stereocenters. The largest absolute Gasteiger partial charge is 0.459 e. The third-order valence-corrected chi connectivity index (χ3v) is 5.15. The highest BCUT2D eigenvalue weighted by Crippen LogP contribution is 2.31. The van der Waals surface area contributed by atoms with Gasteiger partial charge in [0.15, 0.2) is 5.60 Å². The van der Waals surface area contributed by atoms with Crippen molar-refractivity contribution >= 4 is 23.5 Å². The number of anilines is 1. The molecule has 0 saturated carbocycles. The van der Waals surface area contributed by atoms with Crippen LogP contribution in [0.3, 0.4) is 0 Å². The second-order valence-electron chi connectivity index (χ2n) is 7.58. The first-order chi connectivity index (χ1) is 15.8. The Labute approximate surface area is 192 Å². The number of carbonyl (C=O) groups excluding carboxylic acids is 3. The number of rotatable bonds is 5. The molecule has 33 heavy (non-hydrogen) atoms. The predicted molar refractivity (Wildman–Crippen MR) is 124 cm³/mol. The maximum absolute atomic E-state index is 13.6. The van der Waals surface area contributed by atoms with Crippen molar-refractivity contribution < 1.29 is 24.2 Å². The van der Waals surface area contributed by atoms with Gasteiger partial charge in [-0.05, 0) is 44.0 Å². The van der Waals surface area contributed by atoms with Gasteiger partial charge < -0.3 is 9.84 Å². The molecule has 0 aliphatic heterocycles. The van der Waals surface area contributed by atoms with Crippen molar-refractivity contribution in [3.63, 3.8) is 0 Å². The maximum Gasteiger partial charge on any atom is 0.399 e. The van der Waals surface area contributed by atoms with Crippen LogP contribution in [-0.4, -0.2) is 29.5 Å². The Kier molecular flexibility index (Phi) is 7.25. The molecular weight excluding hydrogens is 420 g/mol. The number of hydrogen-bond acceptors (Lipinski definition) is 5. The molecule has 0 radical (unpaired) electrons. The summed E-state index contributed by atoms with van der Waals surface area (Å²) in [5.41, 5.74) is 3.06. The van der Waals surface area contributed by atoms with Crippen molar-refractivity contribution in [1.82, 2.24) is 5.43 Å². The Hall–Kier alpha value is -3.97. The fourth-order valence-corrected chi connectivity index (χ4v) is 3.29. The molecule has 7 heteroatoms. The van der Waals surface area contributed by atoms with Crippen LogP contribution in [0.2, 0.25) is 0 Å². The number of nitrogens with zero attached hydrogens (tertiary/aromatic N) is 1. The average Bonchev–Trinajstić information content (AvgIpc) is 2.83. The summed E-state index contributed by atoms with van der Waals surface area (Å²) in [6.07, 6.45) is 0. The number of hydrazine groups is 1. The zero-order valence-electron chi connectivity index (χ0n) is 18.7. The molecule has 0 saturated heterocycles. The van der Waals surface area contributed by atoms with E-state index < -0.39 is 23.4 Å². The molecule has 7 nitrogen and oxygen atoms in total. The summed E-state index contributed by atoms with van der Waals surface area (Å²) in [5.74, 6) is -3.13. The summed E-state index contributed by atoms with van der Waals surface area (Å²) < 4.78 is 4.82. The molecule has 0 aliphatic carbocycles. The molecule has 3 aromatic carbocycles. The number of nitrogens with one attached hydrogen (secondary N) is 1. The lowest BCUT2D eigenvalue weighted by Crippen LogP contribution is -2.56. The predicted octanol–water partition coefficient (Wildman–Crippen LogP) is 3.17. The van der Waals surface area contributed by atoms with Gasteiger partial charge in [0.1, 0.15) is 0 Å². The zero-order chi connectivity index (χ0) is 24.0. The van der Waals surface area contributed by atoms with Gasteiger partial charge >= 0.3 is 11.9 Å². The third kappa shape index (κ3) is 5.10. The first-order valence-corrected chi connectivity index (χ1v) is 10.5. The summed E-state index contributed by atoms with van der Waals surface area (Å²) >= 11 is 0. The molecule has 0 aromatic heterocycles. The van der Waals surface area contributed by atoms with Gasteiger partial charge in [0, 0.05) is 0 Å². The Morgan fingerprint density at radius 1 is 0.848 bits per heavy atom. The highest BCUT2D eigenvalue weighted by molar-refractivity contribution is 6.38. The number of aliphatic hydroxyl groups is 1. The van der Waals surface area contributed by atoms with Gasteiger partial charge in [-0.3, -0.25) is 15.0 Å². The Bertz CT molecular complexity index is 1080. The van der Waals surface area contributed by atoms with Crippen LogP contribution < -0.4 is 10.4 Å². The number of para-hydroxylation sites is 1. The molecule has 3 rings (SSSR count). The molecule has 0 spiro atoms. The van der Waals surface area contributed by atoms with Crippen molar-refractivity contribution in [3.8, 4) is 0 Å². The van der Waals surface area contributed by atoms with Crippen molar-refractivity contribution in [2.75, 3.05) is 11.6 Å². The van der Waals surface area contributed by atoms with Crippen LogP contribution in [0, 0.1) is 13.8 Å². The van der Waals surface area contributed by atoms with Crippen LogP contribution in [0.1, 0.15) is 29.2 Å². The van der Waals surface area contributed by atoms with E-state index in [9.17, 15) is 19.5 Å². The number of hydrogen-bond donors (Lipinski definition) is 2. The molecule has 170 valence electrons. The van der Waals surface area contributed by atoms with Crippen LogP contribution in [0.25, 0.3) is 0 Å². The fourth-order valence-electron chi connectivity index (χ4n) is 3.29. The number of ether oxygens (including phenoxy) is 1. The molecule has 0 aliphatic rings. The van der Waals surface area contributed by atoms with Gasteiger partial charge in [-0.2, -0.15) is 0 Å². The third-order valence-electron chi connectivity index (χ3n) is 5.15. The fraction of sp³-hybridized carbons (Fsp3) is 0.192. The van der Waals surface area contributed by atoms with Crippen molar-refractivity contribution in [1.29, 1.82) is 0 Å². The summed E-state index contributed by atoms with van der Waals surface area (Å²) in [6.45, 7) is 5.36. The van der Waals surface area contributed by atoms with Gasteiger partial charge in [-0.15, -0.1) is 0 Å². The van der Waals surface area contributed by atoms with Crippen LogP contribution in [0.15, 0.2) is 78.9 Å². The Morgan fingerprint density at radius 2 is 1.33 bits per heavy atom. The van der Waals surface area contributed by atoms with E-state index in [4.69, 9.17) is 4.74 Å². The van der Waals surface area contributed by atoms with E-state index in [0.29, 0.717) is 11.1 Å². The van der Waals surface area contributed by atoms with Crippen LogP contribution >= 0.6 is 0 Å². The summed E-state index contributed by atoms with van der Waals surface area (Å²) in [5, 5.41) is 12.5. The van der Waals surface area contributed by atoms with Gasteiger partial charge in [0.25, 0.3) is 5.91 Å². The van der Waals surface area contributed by atoms with E-state index in [1.807, 2.05) is 13.8 Å². The van der Waals surface area contributed by atoms with Crippen LogP contribution in [0.4, 0.5) is 5.69 Å². The highest BCUT2D eigenvalue weighted by atomic mass is 16.5. The van der Waals surface area contributed by atoms with E-state index in [0.717, 1.165) is 16.1 Å². The zero-order valence-corrected chi connectivity index (χ0v) is 18.7. The number of aryl methyl sites for hydroxylation is 2. The lowest BCUT2D eigenvalue weighted by Gasteiger charge is -2.31. The van der Waals surface area contributed by atoms with Gasteiger partial charge in [-0.1, -0.05) is 77.9 Å². The Balaban J connectivity index is 2.06. The van der Waals surface area contributed by atoms with E-state index in [1.165, 1.54) is 0 Å². The minimum atomic E-state index is -2.14. The summed E-state index contributed by atoms with van der Waals surface area (Å²) in [4.78, 5) is 38.6. The highest BCUT2D eigenvalue weighted by Gasteiger charge is 2.42. The first kappa shape index (κ1) is 23.7. The molecule has 0 heterocycles. The van der Waals surface area contributed by atoms with E-state index in [-0.39, 0.29) is 12.3 Å². The van der Waals surface area contributed by atoms with Crippen LogP contribution in [-0.2, 0) is 24.7 Å². The monoisotopic (exact) mass is 446 g/mol. The Morgan fingerprint density at radius 3 is 1.79 bits per heavy atom. The van der Waals surface area contributed by atoms with Crippen molar-refractivity contribution in [2.45, 2.75) is 26.4 Å². The lowest BCUT2D eigenvalue weighted by molar-refractivity contribution is -0.154. The quantitative estimate of drug-likeness (QED) is 0.357. The van der Waals surface area contributed by atoms with Crippen molar-refractivity contribution in [3.05, 3.63) is 101 Å². The van der Waals surface area contributed by atoms with E-state index >= 15 is 0 Å². The number of esters is 1. The minimum absolute atomic E-state index is 0.00216. The van der Waals surface area contributed by atoms with E-state index in [2.05, 4.69) is 5.43 Å². The number of benzene rings is 3. The molecule has 3 aromatic rings. The normalized spacial score (nSPS) is 10.9. The number of amides is 2. The molecule has 0 fully saturated rings. The summed E-state index contributed by atoms with van der Waals surface area (Å²) in [6, 6.07) is 21.8. The van der Waals surface area contributed by atoms with Gasteiger partial charge in [-0.25, -0.2) is 9.80 Å². The maximum atomic E-state index is 13.6. The average molecular weight is 447 g/mol. The summed E-state index contributed by atoms with van der Waals surface area (Å²) in [7, 11) is 0. The first-order valence-electron chi connectivity index (χ1n) is 10.5. The van der Waals surface area contributed by atoms with Crippen molar-refractivity contribution in [2.24, 2.45) is 0 Å². The molecule has 0 atom stereocenters. The second kappa shape index (κ2) is 10.1. The van der Waals surface area contributed by atoms with Crippen LogP contribution in [0.5, 0.6) is 0 Å². The second-order valence-corrected chi connectivity index (χ2v) is 7.58. The van der Waals surface area contributed by atoms with E-state index in [1.54, 1.807) is 85.8 Å².